The van der Waals surface area contributed by atoms with E-state index in [0.29, 0.717) is 25.7 Å². The third-order valence-corrected chi connectivity index (χ3v) is 4.51. The minimum absolute atomic E-state index is 0.00700. The second kappa shape index (κ2) is 10.7. The summed E-state index contributed by atoms with van der Waals surface area (Å²) in [6.07, 6.45) is 8.77. The van der Waals surface area contributed by atoms with Crippen molar-refractivity contribution in [1.29, 1.82) is 0 Å². The zero-order valence-corrected chi connectivity index (χ0v) is 14.6. The maximum atomic E-state index is 11.9. The highest BCUT2D eigenvalue weighted by atomic mass is 16.6. The van der Waals surface area contributed by atoms with Gasteiger partial charge in [-0.2, -0.15) is 0 Å². The molecule has 0 atom stereocenters. The summed E-state index contributed by atoms with van der Waals surface area (Å²) in [5.74, 6) is 0.00700. The molecule has 1 aromatic carbocycles. The lowest BCUT2D eigenvalue weighted by atomic mass is 9.97. The zero-order valence-electron chi connectivity index (χ0n) is 14.6. The minimum atomic E-state index is -0.424. The third kappa shape index (κ3) is 7.51. The van der Waals surface area contributed by atoms with Gasteiger partial charge in [0, 0.05) is 37.0 Å². The quantitative estimate of drug-likeness (QED) is 0.381. The van der Waals surface area contributed by atoms with Crippen LogP contribution in [-0.4, -0.2) is 36.5 Å². The van der Waals surface area contributed by atoms with Crippen LogP contribution in [-0.2, 0) is 4.79 Å². The summed E-state index contributed by atoms with van der Waals surface area (Å²) in [5, 5.41) is 20.0. The number of non-ortho nitro benzene ring substituents is 1. The van der Waals surface area contributed by atoms with Gasteiger partial charge in [0.2, 0.25) is 5.91 Å². The van der Waals surface area contributed by atoms with Crippen LogP contribution in [0.3, 0.4) is 0 Å². The Balaban J connectivity index is 1.57. The Kier molecular flexibility index (Phi) is 8.18. The fourth-order valence-corrected chi connectivity index (χ4v) is 3.07. The average Bonchev–Trinajstić information content (AvgIpc) is 2.58. The molecule has 3 N–H and O–H groups in total. The van der Waals surface area contributed by atoms with Crippen LogP contribution in [0.5, 0.6) is 0 Å². The SMILES string of the molecule is O=C(CNC1CCCCCCC1)NCCNc1ccc([N+](=O)[O-])cc1. The monoisotopic (exact) mass is 348 g/mol. The number of hydrogen-bond donors (Lipinski definition) is 3. The smallest absolute Gasteiger partial charge is 0.269 e. The number of amides is 1. The van der Waals surface area contributed by atoms with Crippen molar-refractivity contribution < 1.29 is 9.72 Å². The van der Waals surface area contributed by atoms with Gasteiger partial charge in [-0.25, -0.2) is 0 Å². The van der Waals surface area contributed by atoms with Crippen LogP contribution in [0.25, 0.3) is 0 Å². The molecule has 138 valence electrons. The Morgan fingerprint density at radius 3 is 2.32 bits per heavy atom. The van der Waals surface area contributed by atoms with Gasteiger partial charge in [0.1, 0.15) is 0 Å². The first-order chi connectivity index (χ1) is 12.1. The maximum Gasteiger partial charge on any atom is 0.269 e. The second-order valence-electron chi connectivity index (χ2n) is 6.50. The Morgan fingerprint density at radius 1 is 1.04 bits per heavy atom. The predicted octanol–water partition coefficient (Wildman–Crippen LogP) is 2.83. The summed E-state index contributed by atoms with van der Waals surface area (Å²) in [6, 6.07) is 6.70. The van der Waals surface area contributed by atoms with Crippen molar-refractivity contribution in [3.05, 3.63) is 34.4 Å². The molecule has 0 unspecified atom stereocenters. The van der Waals surface area contributed by atoms with Crippen LogP contribution < -0.4 is 16.0 Å². The van der Waals surface area contributed by atoms with Gasteiger partial charge in [-0.05, 0) is 25.0 Å². The Labute approximate surface area is 148 Å². The topological polar surface area (TPSA) is 96.3 Å². The van der Waals surface area contributed by atoms with Gasteiger partial charge < -0.3 is 16.0 Å². The summed E-state index contributed by atoms with van der Waals surface area (Å²) < 4.78 is 0. The number of nitrogens with one attached hydrogen (secondary N) is 3. The van der Waals surface area contributed by atoms with Crippen LogP contribution >= 0.6 is 0 Å². The molecule has 25 heavy (non-hydrogen) atoms. The van der Waals surface area contributed by atoms with Gasteiger partial charge in [-0.1, -0.05) is 32.1 Å². The van der Waals surface area contributed by atoms with Crippen molar-refractivity contribution in [2.45, 2.75) is 51.0 Å². The van der Waals surface area contributed by atoms with Crippen molar-refractivity contribution in [1.82, 2.24) is 10.6 Å². The number of rotatable bonds is 8. The molecule has 0 aromatic heterocycles. The molecule has 1 aromatic rings. The van der Waals surface area contributed by atoms with Gasteiger partial charge in [0.15, 0.2) is 0 Å². The molecular weight excluding hydrogens is 320 g/mol. The van der Waals surface area contributed by atoms with Crippen molar-refractivity contribution in [3.63, 3.8) is 0 Å². The van der Waals surface area contributed by atoms with E-state index in [9.17, 15) is 14.9 Å². The third-order valence-electron chi connectivity index (χ3n) is 4.51. The standard InChI is InChI=1S/C18H28N4O3/c23-18(14-21-15-6-4-2-1-3-5-7-15)20-13-12-19-16-8-10-17(11-9-16)22(24)25/h8-11,15,19,21H,1-7,12-14H2,(H,20,23). The molecule has 7 heteroatoms. The first-order valence-corrected chi connectivity index (χ1v) is 9.13. The van der Waals surface area contributed by atoms with Gasteiger partial charge in [0.25, 0.3) is 5.69 Å². The van der Waals surface area contributed by atoms with Crippen LogP contribution in [0.2, 0.25) is 0 Å². The number of nitrogens with zero attached hydrogens (tertiary/aromatic N) is 1. The first kappa shape index (κ1) is 19.2. The van der Waals surface area contributed by atoms with Crippen LogP contribution in [0.15, 0.2) is 24.3 Å². The van der Waals surface area contributed by atoms with Crippen LogP contribution in [0.4, 0.5) is 11.4 Å². The average molecular weight is 348 g/mol. The summed E-state index contributed by atoms with van der Waals surface area (Å²) >= 11 is 0. The molecule has 0 heterocycles. The molecule has 0 saturated heterocycles. The van der Waals surface area contributed by atoms with E-state index in [1.54, 1.807) is 12.1 Å². The molecule has 1 amide bonds. The van der Waals surface area contributed by atoms with E-state index in [1.807, 2.05) is 0 Å². The number of benzene rings is 1. The van der Waals surface area contributed by atoms with Crippen molar-refractivity contribution in [3.8, 4) is 0 Å². The fraction of sp³-hybridized carbons (Fsp3) is 0.611. The van der Waals surface area contributed by atoms with Gasteiger partial charge in [0.05, 0.1) is 11.5 Å². The largest absolute Gasteiger partial charge is 0.383 e. The molecule has 1 fully saturated rings. The lowest BCUT2D eigenvalue weighted by molar-refractivity contribution is -0.384. The predicted molar refractivity (Wildman–Crippen MR) is 98.7 cm³/mol. The lowest BCUT2D eigenvalue weighted by Crippen LogP contribution is -2.40. The molecule has 1 aliphatic carbocycles. The number of carbonyl (C=O) groups is 1. The summed E-state index contributed by atoms with van der Waals surface area (Å²) in [5.41, 5.74) is 0.867. The number of hydrogen-bond acceptors (Lipinski definition) is 5. The van der Waals surface area contributed by atoms with Gasteiger partial charge in [-0.15, -0.1) is 0 Å². The molecule has 1 aliphatic rings. The normalized spacial score (nSPS) is 15.8. The Bertz CT molecular complexity index is 540. The molecule has 0 bridgehead atoms. The van der Waals surface area contributed by atoms with Crippen molar-refractivity contribution >= 4 is 17.3 Å². The van der Waals surface area contributed by atoms with E-state index in [2.05, 4.69) is 16.0 Å². The fourth-order valence-electron chi connectivity index (χ4n) is 3.07. The van der Waals surface area contributed by atoms with E-state index >= 15 is 0 Å². The van der Waals surface area contributed by atoms with E-state index in [0.717, 1.165) is 18.5 Å². The van der Waals surface area contributed by atoms with E-state index in [-0.39, 0.29) is 11.6 Å². The van der Waals surface area contributed by atoms with Crippen LogP contribution in [0.1, 0.15) is 44.9 Å². The summed E-state index contributed by atoms with van der Waals surface area (Å²) in [4.78, 5) is 22.1. The molecule has 0 aliphatic heterocycles. The molecule has 1 saturated carbocycles. The number of nitro benzene ring substituents is 1. The number of carbonyl (C=O) groups excluding carboxylic acids is 1. The molecule has 0 radical (unpaired) electrons. The van der Waals surface area contributed by atoms with E-state index in [1.165, 1.54) is 44.2 Å². The van der Waals surface area contributed by atoms with E-state index in [4.69, 9.17) is 0 Å². The summed E-state index contributed by atoms with van der Waals surface area (Å²) in [7, 11) is 0. The Morgan fingerprint density at radius 2 is 1.68 bits per heavy atom. The van der Waals surface area contributed by atoms with E-state index < -0.39 is 4.92 Å². The minimum Gasteiger partial charge on any atom is -0.383 e. The highest BCUT2D eigenvalue weighted by Crippen LogP contribution is 2.17. The highest BCUT2D eigenvalue weighted by Gasteiger charge is 2.12. The highest BCUT2D eigenvalue weighted by molar-refractivity contribution is 5.78. The maximum absolute atomic E-state index is 11.9. The van der Waals surface area contributed by atoms with Gasteiger partial charge in [-0.3, -0.25) is 14.9 Å². The molecule has 0 spiro atoms. The number of nitro groups is 1. The van der Waals surface area contributed by atoms with Crippen molar-refractivity contribution in [2.24, 2.45) is 0 Å². The second-order valence-corrected chi connectivity index (χ2v) is 6.50. The molecule has 2 rings (SSSR count). The first-order valence-electron chi connectivity index (χ1n) is 9.13. The van der Waals surface area contributed by atoms with Crippen molar-refractivity contribution in [2.75, 3.05) is 25.0 Å². The van der Waals surface area contributed by atoms with Crippen LogP contribution in [0, 0.1) is 10.1 Å². The Hall–Kier alpha value is -2.15. The molecule has 7 nitrogen and oxygen atoms in total. The molecular formula is C18H28N4O3. The summed E-state index contributed by atoms with van der Waals surface area (Å²) in [6.45, 7) is 1.46. The van der Waals surface area contributed by atoms with Gasteiger partial charge >= 0.3 is 0 Å². The number of anilines is 1. The lowest BCUT2D eigenvalue weighted by Gasteiger charge is -2.20. The zero-order chi connectivity index (χ0) is 17.9.